The van der Waals surface area contributed by atoms with Crippen molar-refractivity contribution in [2.45, 2.75) is 123 Å². The molecule has 0 bridgehead atoms. The summed E-state index contributed by atoms with van der Waals surface area (Å²) >= 11 is 0. The topological polar surface area (TPSA) is 64.6 Å². The maximum absolute atomic E-state index is 12.7. The highest BCUT2D eigenvalue weighted by Crippen LogP contribution is 2.27. The van der Waals surface area contributed by atoms with Crippen LogP contribution in [0.1, 0.15) is 117 Å². The van der Waals surface area contributed by atoms with Crippen LogP contribution in [0.3, 0.4) is 0 Å². The molecule has 0 heterocycles. The van der Waals surface area contributed by atoms with E-state index in [2.05, 4.69) is 26.1 Å². The molecule has 0 aromatic heterocycles. The number of alkyl carbamates (subject to hydrolysis) is 1. The first-order valence-corrected chi connectivity index (χ1v) is 12.6. The zero-order chi connectivity index (χ0) is 22.0. The van der Waals surface area contributed by atoms with E-state index >= 15 is 0 Å². The Kier molecular flexibility index (Phi) is 15.6. The fourth-order valence-electron chi connectivity index (χ4n) is 4.16. The van der Waals surface area contributed by atoms with Crippen molar-refractivity contribution in [2.24, 2.45) is 11.8 Å². The van der Waals surface area contributed by atoms with Gasteiger partial charge >= 0.3 is 12.1 Å². The predicted octanol–water partition coefficient (Wildman–Crippen LogP) is 6.78. The number of unbranched alkanes of at least 4 members (excludes halogenated alkanes) is 7. The van der Waals surface area contributed by atoms with Gasteiger partial charge in [-0.05, 0) is 43.9 Å². The van der Waals surface area contributed by atoms with Crippen molar-refractivity contribution >= 4 is 12.1 Å². The maximum atomic E-state index is 12.7. The summed E-state index contributed by atoms with van der Waals surface area (Å²) < 4.78 is 10.9. The first-order valence-electron chi connectivity index (χ1n) is 12.6. The summed E-state index contributed by atoms with van der Waals surface area (Å²) in [5, 5.41) is 2.83. The Morgan fingerprint density at radius 1 is 0.833 bits per heavy atom. The molecule has 176 valence electrons. The fourth-order valence-corrected chi connectivity index (χ4v) is 4.16. The molecule has 5 heteroatoms. The Balaban J connectivity index is 2.30. The van der Waals surface area contributed by atoms with Gasteiger partial charge in [0.1, 0.15) is 6.04 Å². The van der Waals surface area contributed by atoms with Crippen molar-refractivity contribution in [3.63, 3.8) is 0 Å². The number of nitrogens with one attached hydrogen (secondary N) is 1. The molecule has 0 aliphatic heterocycles. The van der Waals surface area contributed by atoms with Crippen LogP contribution in [0.2, 0.25) is 0 Å². The van der Waals surface area contributed by atoms with Crippen molar-refractivity contribution in [3.8, 4) is 0 Å². The molecule has 1 saturated carbocycles. The number of carbonyl (C=O) groups is 2. The van der Waals surface area contributed by atoms with Crippen molar-refractivity contribution in [3.05, 3.63) is 0 Å². The van der Waals surface area contributed by atoms with Crippen molar-refractivity contribution < 1.29 is 19.1 Å². The first kappa shape index (κ1) is 26.8. The van der Waals surface area contributed by atoms with E-state index < -0.39 is 12.1 Å². The average molecular weight is 426 g/mol. The Morgan fingerprint density at radius 3 is 2.07 bits per heavy atom. The molecule has 1 aliphatic carbocycles. The summed E-state index contributed by atoms with van der Waals surface area (Å²) in [5.74, 6) is 0.462. The van der Waals surface area contributed by atoms with Crippen LogP contribution in [-0.4, -0.2) is 31.3 Å². The van der Waals surface area contributed by atoms with E-state index in [1.165, 1.54) is 44.9 Å². The quantitative estimate of drug-likeness (QED) is 0.219. The molecule has 1 rings (SSSR count). The molecule has 1 fully saturated rings. The van der Waals surface area contributed by atoms with E-state index in [0.717, 1.165) is 51.4 Å². The minimum Gasteiger partial charge on any atom is -0.464 e. The highest BCUT2D eigenvalue weighted by molar-refractivity contribution is 5.81. The lowest BCUT2D eigenvalue weighted by Crippen LogP contribution is -2.47. The van der Waals surface area contributed by atoms with Gasteiger partial charge in [-0.15, -0.1) is 0 Å². The van der Waals surface area contributed by atoms with E-state index in [1.54, 1.807) is 0 Å². The molecular formula is C25H47NO4. The Bertz CT molecular complexity index is 446. The minimum atomic E-state index is -0.574. The molecular weight excluding hydrogens is 378 g/mol. The van der Waals surface area contributed by atoms with Gasteiger partial charge < -0.3 is 14.8 Å². The molecule has 1 amide bonds. The molecule has 0 aromatic rings. The van der Waals surface area contributed by atoms with Gasteiger partial charge in [-0.25, -0.2) is 9.59 Å². The van der Waals surface area contributed by atoms with Crippen LogP contribution >= 0.6 is 0 Å². The average Bonchev–Trinajstić information content (AvgIpc) is 2.74. The lowest BCUT2D eigenvalue weighted by atomic mass is 9.84. The molecule has 0 radical (unpaired) electrons. The highest BCUT2D eigenvalue weighted by Gasteiger charge is 2.32. The van der Waals surface area contributed by atoms with Crippen LogP contribution in [0.15, 0.2) is 0 Å². The van der Waals surface area contributed by atoms with Gasteiger partial charge in [-0.3, -0.25) is 0 Å². The summed E-state index contributed by atoms with van der Waals surface area (Å²) in [6, 6.07) is -0.574. The predicted molar refractivity (Wildman–Crippen MR) is 122 cm³/mol. The van der Waals surface area contributed by atoms with Crippen LogP contribution in [0.4, 0.5) is 4.79 Å². The number of ether oxygens (including phenoxy) is 2. The largest absolute Gasteiger partial charge is 0.464 e. The van der Waals surface area contributed by atoms with E-state index in [1.807, 2.05) is 0 Å². The number of hydrogen-bond donors (Lipinski definition) is 1. The van der Waals surface area contributed by atoms with Gasteiger partial charge in [0.25, 0.3) is 0 Å². The third-order valence-corrected chi connectivity index (χ3v) is 6.05. The van der Waals surface area contributed by atoms with E-state index in [0.29, 0.717) is 19.1 Å². The SMILES string of the molecule is CCCCCCCCCCOC(=O)NC(C(=O)OCCCC(C)C)C1CCCCC1. The fraction of sp³-hybridized carbons (Fsp3) is 0.920. The van der Waals surface area contributed by atoms with Crippen LogP contribution in [-0.2, 0) is 14.3 Å². The van der Waals surface area contributed by atoms with Crippen molar-refractivity contribution in [1.29, 1.82) is 0 Å². The number of amides is 1. The molecule has 1 N–H and O–H groups in total. The second kappa shape index (κ2) is 17.4. The summed E-state index contributed by atoms with van der Waals surface area (Å²) in [4.78, 5) is 24.9. The van der Waals surface area contributed by atoms with E-state index in [9.17, 15) is 9.59 Å². The number of rotatable bonds is 16. The molecule has 5 nitrogen and oxygen atoms in total. The first-order chi connectivity index (χ1) is 14.5. The number of carbonyl (C=O) groups excluding carboxylic acids is 2. The Labute approximate surface area is 185 Å². The molecule has 1 atom stereocenters. The third-order valence-electron chi connectivity index (χ3n) is 6.05. The zero-order valence-electron chi connectivity index (χ0n) is 19.9. The number of esters is 1. The van der Waals surface area contributed by atoms with Gasteiger partial charge in [0.2, 0.25) is 0 Å². The molecule has 1 aliphatic rings. The number of hydrogen-bond acceptors (Lipinski definition) is 4. The van der Waals surface area contributed by atoms with Gasteiger partial charge in [0, 0.05) is 0 Å². The summed E-state index contributed by atoms with van der Waals surface area (Å²) in [6.07, 6.45) is 16.4. The highest BCUT2D eigenvalue weighted by atomic mass is 16.6. The van der Waals surface area contributed by atoms with Crippen molar-refractivity contribution in [1.82, 2.24) is 5.32 Å². The smallest absolute Gasteiger partial charge is 0.407 e. The van der Waals surface area contributed by atoms with E-state index in [4.69, 9.17) is 9.47 Å². The second-order valence-electron chi connectivity index (χ2n) is 9.33. The normalized spacial score (nSPS) is 15.7. The zero-order valence-corrected chi connectivity index (χ0v) is 19.9. The molecule has 0 aromatic carbocycles. The molecule has 30 heavy (non-hydrogen) atoms. The third kappa shape index (κ3) is 13.1. The Morgan fingerprint density at radius 2 is 1.43 bits per heavy atom. The van der Waals surface area contributed by atoms with Gasteiger partial charge in [0.05, 0.1) is 13.2 Å². The lowest BCUT2D eigenvalue weighted by molar-refractivity contribution is -0.148. The summed E-state index contributed by atoms with van der Waals surface area (Å²) in [7, 11) is 0. The summed E-state index contributed by atoms with van der Waals surface area (Å²) in [5.41, 5.74) is 0. The standard InChI is InChI=1S/C25H47NO4/c1-4-5-6-7-8-9-10-14-19-30-25(28)26-23(22-17-12-11-13-18-22)24(27)29-20-15-16-21(2)3/h21-23H,4-20H2,1-3H3,(H,26,28). The molecule has 0 saturated heterocycles. The van der Waals surface area contributed by atoms with E-state index in [-0.39, 0.29) is 11.9 Å². The van der Waals surface area contributed by atoms with Crippen LogP contribution in [0, 0.1) is 11.8 Å². The monoisotopic (exact) mass is 425 g/mol. The van der Waals surface area contributed by atoms with Gasteiger partial charge in [-0.2, -0.15) is 0 Å². The van der Waals surface area contributed by atoms with Crippen LogP contribution in [0.25, 0.3) is 0 Å². The van der Waals surface area contributed by atoms with Crippen LogP contribution in [0.5, 0.6) is 0 Å². The maximum Gasteiger partial charge on any atom is 0.407 e. The van der Waals surface area contributed by atoms with Crippen molar-refractivity contribution in [2.75, 3.05) is 13.2 Å². The lowest BCUT2D eigenvalue weighted by Gasteiger charge is -2.29. The molecule has 1 unspecified atom stereocenters. The minimum absolute atomic E-state index is 0.159. The van der Waals surface area contributed by atoms with Gasteiger partial charge in [0.15, 0.2) is 0 Å². The Hall–Kier alpha value is -1.26. The molecule has 0 spiro atoms. The summed E-state index contributed by atoms with van der Waals surface area (Å²) in [6.45, 7) is 7.40. The second-order valence-corrected chi connectivity index (χ2v) is 9.33. The van der Waals surface area contributed by atoms with Crippen LogP contribution < -0.4 is 5.32 Å². The van der Waals surface area contributed by atoms with Gasteiger partial charge in [-0.1, -0.05) is 85.0 Å².